The van der Waals surface area contributed by atoms with E-state index in [1.54, 1.807) is 31.2 Å². The molecule has 0 fully saturated rings. The monoisotopic (exact) mass is 343 g/mol. The van der Waals surface area contributed by atoms with E-state index in [1.807, 2.05) is 26.0 Å². The van der Waals surface area contributed by atoms with E-state index in [0.717, 1.165) is 5.69 Å². The lowest BCUT2D eigenvalue weighted by atomic mass is 10.2. The molecule has 0 radical (unpaired) electrons. The number of rotatable bonds is 7. The molecule has 0 aliphatic carbocycles. The van der Waals surface area contributed by atoms with Gasteiger partial charge in [-0.15, -0.1) is 0 Å². The first-order valence-electron chi connectivity index (χ1n) is 8.00. The van der Waals surface area contributed by atoms with Crippen LogP contribution in [0.1, 0.15) is 20.8 Å². The van der Waals surface area contributed by atoms with Crippen molar-refractivity contribution in [3.8, 4) is 5.75 Å². The highest BCUT2D eigenvalue weighted by Crippen LogP contribution is 2.31. The molecule has 2 rings (SSSR count). The largest absolute Gasteiger partial charge is 0.487 e. The van der Waals surface area contributed by atoms with Gasteiger partial charge in [0.2, 0.25) is 5.91 Å². The van der Waals surface area contributed by atoms with Gasteiger partial charge in [0, 0.05) is 35.1 Å². The molecule has 1 amide bonds. The van der Waals surface area contributed by atoms with Gasteiger partial charge in [0.25, 0.3) is 0 Å². The third-order valence-electron chi connectivity index (χ3n) is 3.42. The second-order valence-corrected chi connectivity index (χ2v) is 5.72. The Balaban J connectivity index is 2.12. The zero-order valence-corrected chi connectivity index (χ0v) is 14.4. The van der Waals surface area contributed by atoms with Crippen LogP contribution in [0.25, 0.3) is 0 Å². The SMILES string of the molecule is CCOc1cc(Nc2ccc(NC(=O)C(C)C)cc2)ccc1[N+](=O)[O-]. The third kappa shape index (κ3) is 4.94. The Bertz CT molecular complexity index is 757. The van der Waals surface area contributed by atoms with Gasteiger partial charge in [-0.3, -0.25) is 14.9 Å². The Hall–Kier alpha value is -3.09. The van der Waals surface area contributed by atoms with Crippen LogP contribution in [-0.2, 0) is 4.79 Å². The minimum Gasteiger partial charge on any atom is -0.487 e. The molecule has 0 unspecified atom stereocenters. The Morgan fingerprint density at radius 2 is 1.72 bits per heavy atom. The molecule has 132 valence electrons. The number of amides is 1. The number of nitro groups is 1. The van der Waals surface area contributed by atoms with E-state index in [4.69, 9.17) is 4.74 Å². The lowest BCUT2D eigenvalue weighted by Gasteiger charge is -2.11. The molecule has 0 saturated heterocycles. The van der Waals surface area contributed by atoms with Crippen molar-refractivity contribution in [2.45, 2.75) is 20.8 Å². The van der Waals surface area contributed by atoms with Crippen LogP contribution < -0.4 is 15.4 Å². The molecular weight excluding hydrogens is 322 g/mol. The van der Waals surface area contributed by atoms with Gasteiger partial charge in [0.05, 0.1) is 11.5 Å². The van der Waals surface area contributed by atoms with Gasteiger partial charge in [0.1, 0.15) is 0 Å². The maximum absolute atomic E-state index is 11.7. The van der Waals surface area contributed by atoms with Gasteiger partial charge in [-0.25, -0.2) is 0 Å². The van der Waals surface area contributed by atoms with Gasteiger partial charge < -0.3 is 15.4 Å². The van der Waals surface area contributed by atoms with E-state index in [1.165, 1.54) is 6.07 Å². The van der Waals surface area contributed by atoms with E-state index in [-0.39, 0.29) is 23.3 Å². The number of hydrogen-bond acceptors (Lipinski definition) is 5. The van der Waals surface area contributed by atoms with Crippen LogP contribution in [-0.4, -0.2) is 17.4 Å². The smallest absolute Gasteiger partial charge is 0.311 e. The molecular formula is C18H21N3O4. The summed E-state index contributed by atoms with van der Waals surface area (Å²) in [5.41, 5.74) is 2.11. The van der Waals surface area contributed by atoms with Crippen LogP contribution in [0.2, 0.25) is 0 Å². The fourth-order valence-corrected chi connectivity index (χ4v) is 2.10. The second kappa shape index (κ2) is 8.14. The molecule has 0 spiro atoms. The summed E-state index contributed by atoms with van der Waals surface area (Å²) < 4.78 is 5.33. The average Bonchev–Trinajstić information content (AvgIpc) is 2.57. The normalized spacial score (nSPS) is 10.4. The molecule has 2 N–H and O–H groups in total. The summed E-state index contributed by atoms with van der Waals surface area (Å²) >= 11 is 0. The topological polar surface area (TPSA) is 93.5 Å². The van der Waals surface area contributed by atoms with Crippen molar-refractivity contribution < 1.29 is 14.5 Å². The zero-order valence-electron chi connectivity index (χ0n) is 14.4. The minimum atomic E-state index is -0.471. The highest BCUT2D eigenvalue weighted by molar-refractivity contribution is 5.92. The number of carbonyl (C=O) groups is 1. The van der Waals surface area contributed by atoms with E-state index in [0.29, 0.717) is 18.0 Å². The second-order valence-electron chi connectivity index (χ2n) is 5.72. The lowest BCUT2D eigenvalue weighted by Crippen LogP contribution is -2.17. The summed E-state index contributed by atoms with van der Waals surface area (Å²) in [6.07, 6.45) is 0. The standard InChI is InChI=1S/C18H21N3O4/c1-4-25-17-11-15(9-10-16(17)21(23)24)19-13-5-7-14(8-6-13)20-18(22)12(2)3/h5-12,19H,4H2,1-3H3,(H,20,22). The fraction of sp³-hybridized carbons (Fsp3) is 0.278. The molecule has 0 aliphatic rings. The molecule has 7 nitrogen and oxygen atoms in total. The van der Waals surface area contributed by atoms with Crippen LogP contribution in [0.4, 0.5) is 22.7 Å². The van der Waals surface area contributed by atoms with E-state index < -0.39 is 4.92 Å². The summed E-state index contributed by atoms with van der Waals surface area (Å²) in [4.78, 5) is 22.2. The fourth-order valence-electron chi connectivity index (χ4n) is 2.10. The summed E-state index contributed by atoms with van der Waals surface area (Å²) in [7, 11) is 0. The molecule has 2 aromatic rings. The molecule has 0 aromatic heterocycles. The number of benzene rings is 2. The third-order valence-corrected chi connectivity index (χ3v) is 3.42. The van der Waals surface area contributed by atoms with Crippen molar-refractivity contribution in [2.24, 2.45) is 5.92 Å². The number of nitrogens with one attached hydrogen (secondary N) is 2. The van der Waals surface area contributed by atoms with Crippen molar-refractivity contribution in [3.05, 3.63) is 52.6 Å². The zero-order chi connectivity index (χ0) is 18.4. The first kappa shape index (κ1) is 18.3. The predicted molar refractivity (Wildman–Crippen MR) is 97.5 cm³/mol. The number of ether oxygens (including phenoxy) is 1. The van der Waals surface area contributed by atoms with E-state index in [2.05, 4.69) is 10.6 Å². The van der Waals surface area contributed by atoms with Crippen molar-refractivity contribution in [1.82, 2.24) is 0 Å². The molecule has 0 aliphatic heterocycles. The number of nitro benzene ring substituents is 1. The van der Waals surface area contributed by atoms with E-state index >= 15 is 0 Å². The number of carbonyl (C=O) groups excluding carboxylic acids is 1. The Morgan fingerprint density at radius 1 is 1.12 bits per heavy atom. The highest BCUT2D eigenvalue weighted by atomic mass is 16.6. The minimum absolute atomic E-state index is 0.0440. The number of anilines is 3. The Labute approximate surface area is 146 Å². The van der Waals surface area contributed by atoms with Crippen LogP contribution in [0.3, 0.4) is 0 Å². The number of nitrogens with zero attached hydrogens (tertiary/aromatic N) is 1. The molecule has 2 aromatic carbocycles. The van der Waals surface area contributed by atoms with Gasteiger partial charge in [-0.05, 0) is 37.3 Å². The van der Waals surface area contributed by atoms with Gasteiger partial charge >= 0.3 is 5.69 Å². The maximum atomic E-state index is 11.7. The van der Waals surface area contributed by atoms with Gasteiger partial charge in [0.15, 0.2) is 5.75 Å². The molecule has 0 heterocycles. The molecule has 0 saturated carbocycles. The summed E-state index contributed by atoms with van der Waals surface area (Å²) in [5.74, 6) is 0.0886. The van der Waals surface area contributed by atoms with Crippen molar-refractivity contribution >= 4 is 28.7 Å². The summed E-state index contributed by atoms with van der Waals surface area (Å²) in [5, 5.41) is 17.0. The lowest BCUT2D eigenvalue weighted by molar-refractivity contribution is -0.385. The summed E-state index contributed by atoms with van der Waals surface area (Å²) in [6.45, 7) is 5.77. The van der Waals surface area contributed by atoms with Crippen LogP contribution in [0.15, 0.2) is 42.5 Å². The molecule has 0 bridgehead atoms. The van der Waals surface area contributed by atoms with Crippen LogP contribution >= 0.6 is 0 Å². The first-order valence-corrected chi connectivity index (χ1v) is 8.00. The maximum Gasteiger partial charge on any atom is 0.311 e. The quantitative estimate of drug-likeness (QED) is 0.576. The predicted octanol–water partition coefficient (Wildman–Crippen LogP) is 4.33. The molecule has 7 heteroatoms. The molecule has 0 atom stereocenters. The number of hydrogen-bond donors (Lipinski definition) is 2. The Morgan fingerprint density at radius 3 is 2.28 bits per heavy atom. The average molecular weight is 343 g/mol. The first-order chi connectivity index (χ1) is 11.9. The van der Waals surface area contributed by atoms with Gasteiger partial charge in [-0.1, -0.05) is 13.8 Å². The Kier molecular flexibility index (Phi) is 5.94. The molecule has 25 heavy (non-hydrogen) atoms. The van der Waals surface area contributed by atoms with E-state index in [9.17, 15) is 14.9 Å². The van der Waals surface area contributed by atoms with Crippen molar-refractivity contribution in [2.75, 3.05) is 17.2 Å². The van der Waals surface area contributed by atoms with Crippen LogP contribution in [0.5, 0.6) is 5.75 Å². The highest BCUT2D eigenvalue weighted by Gasteiger charge is 2.15. The van der Waals surface area contributed by atoms with Crippen LogP contribution in [0, 0.1) is 16.0 Å². The van der Waals surface area contributed by atoms with Crippen molar-refractivity contribution in [3.63, 3.8) is 0 Å². The van der Waals surface area contributed by atoms with Gasteiger partial charge in [-0.2, -0.15) is 0 Å². The van der Waals surface area contributed by atoms with Crippen molar-refractivity contribution in [1.29, 1.82) is 0 Å². The summed E-state index contributed by atoms with van der Waals surface area (Å²) in [6, 6.07) is 11.8.